The molecule has 2 N–H and O–H groups in total. The zero-order chi connectivity index (χ0) is 15.3. The summed E-state index contributed by atoms with van der Waals surface area (Å²) in [5.74, 6) is 1.19. The Morgan fingerprint density at radius 1 is 1.41 bits per heavy atom. The predicted molar refractivity (Wildman–Crippen MR) is 86.2 cm³/mol. The topological polar surface area (TPSA) is 52.9 Å². The molecule has 5 rings (SSSR count). The summed E-state index contributed by atoms with van der Waals surface area (Å²) < 4.78 is 6.29. The van der Waals surface area contributed by atoms with Gasteiger partial charge in [0, 0.05) is 22.9 Å². The molecule has 0 aromatic heterocycles. The van der Waals surface area contributed by atoms with Crippen molar-refractivity contribution in [3.63, 3.8) is 0 Å². The molecular weight excluding hydrogens is 294 g/mol. The van der Waals surface area contributed by atoms with Crippen LogP contribution in [-0.2, 0) is 4.74 Å². The van der Waals surface area contributed by atoms with E-state index in [1.807, 2.05) is 6.08 Å². The van der Waals surface area contributed by atoms with Crippen molar-refractivity contribution in [2.75, 3.05) is 13.6 Å². The van der Waals surface area contributed by atoms with Crippen molar-refractivity contribution in [1.82, 2.24) is 4.90 Å². The van der Waals surface area contributed by atoms with Crippen LogP contribution in [0.1, 0.15) is 19.3 Å². The number of nitrogens with zero attached hydrogens (tertiary/aromatic N) is 1. The number of piperidine rings is 1. The molecule has 5 aliphatic rings. The predicted octanol–water partition coefficient (Wildman–Crippen LogP) is -0.335. The standard InChI is InChI=1S/C17H23NO3Si/c1-18-7-6-16-10-2-3-12(19)14(16)21-15-13(16)9(8-11(10)18)4-5-17(15,20)22/h2-4,10-12,14,19-20H,5-8H2,1,22H3/t10-,11+,12-,14-,16-,17?/m0/s1. The molecule has 1 saturated heterocycles. The van der Waals surface area contributed by atoms with Gasteiger partial charge in [0.2, 0.25) is 0 Å². The smallest absolute Gasteiger partial charge is 0.138 e. The van der Waals surface area contributed by atoms with E-state index in [9.17, 15) is 10.2 Å². The highest BCUT2D eigenvalue weighted by Crippen LogP contribution is 2.65. The van der Waals surface area contributed by atoms with Gasteiger partial charge in [-0.25, -0.2) is 0 Å². The average molecular weight is 317 g/mol. The first-order chi connectivity index (χ1) is 10.4. The molecule has 0 aromatic rings. The van der Waals surface area contributed by atoms with Crippen LogP contribution < -0.4 is 0 Å². The van der Waals surface area contributed by atoms with Crippen molar-refractivity contribution in [1.29, 1.82) is 0 Å². The van der Waals surface area contributed by atoms with Crippen LogP contribution in [0, 0.1) is 11.3 Å². The van der Waals surface area contributed by atoms with Crippen molar-refractivity contribution in [3.8, 4) is 0 Å². The van der Waals surface area contributed by atoms with Crippen molar-refractivity contribution < 1.29 is 14.9 Å². The van der Waals surface area contributed by atoms with E-state index in [0.717, 1.165) is 25.1 Å². The maximum absolute atomic E-state index is 10.9. The highest BCUT2D eigenvalue weighted by molar-refractivity contribution is 6.16. The fraction of sp³-hybridized carbons (Fsp3) is 0.647. The monoisotopic (exact) mass is 317 g/mol. The molecule has 3 aliphatic carbocycles. The Hall–Kier alpha value is -0.883. The highest BCUT2D eigenvalue weighted by Gasteiger charge is 2.66. The van der Waals surface area contributed by atoms with Crippen molar-refractivity contribution >= 4 is 10.2 Å². The lowest BCUT2D eigenvalue weighted by molar-refractivity contribution is -0.0966. The van der Waals surface area contributed by atoms with Gasteiger partial charge in [-0.1, -0.05) is 18.2 Å². The molecular formula is C17H23NO3Si. The fourth-order valence-electron chi connectivity index (χ4n) is 5.64. The second kappa shape index (κ2) is 3.95. The molecule has 118 valence electrons. The van der Waals surface area contributed by atoms with Crippen LogP contribution >= 0.6 is 0 Å². The summed E-state index contributed by atoms with van der Waals surface area (Å²) in [5, 5.41) is 20.6. The molecule has 0 amide bonds. The van der Waals surface area contributed by atoms with E-state index in [1.54, 1.807) is 0 Å². The van der Waals surface area contributed by atoms with Crippen LogP contribution in [0.2, 0.25) is 0 Å². The van der Waals surface area contributed by atoms with Gasteiger partial charge in [0.15, 0.2) is 0 Å². The van der Waals surface area contributed by atoms with E-state index in [-0.39, 0.29) is 11.5 Å². The molecule has 0 radical (unpaired) electrons. The molecule has 2 aliphatic heterocycles. The summed E-state index contributed by atoms with van der Waals surface area (Å²) in [6.45, 7) is 1.03. The van der Waals surface area contributed by atoms with Gasteiger partial charge in [0.05, 0.1) is 10.2 Å². The zero-order valence-corrected chi connectivity index (χ0v) is 15.1. The number of hydrogen-bond acceptors (Lipinski definition) is 4. The van der Waals surface area contributed by atoms with Crippen LogP contribution in [0.25, 0.3) is 0 Å². The van der Waals surface area contributed by atoms with Gasteiger partial charge in [-0.05, 0) is 38.4 Å². The molecule has 1 saturated carbocycles. The van der Waals surface area contributed by atoms with Gasteiger partial charge in [-0.2, -0.15) is 0 Å². The molecule has 2 fully saturated rings. The number of ether oxygens (including phenoxy) is 1. The van der Waals surface area contributed by atoms with Crippen molar-refractivity contribution in [2.45, 2.75) is 42.7 Å². The van der Waals surface area contributed by atoms with E-state index in [2.05, 4.69) is 24.1 Å². The van der Waals surface area contributed by atoms with Crippen LogP contribution in [0.4, 0.5) is 0 Å². The Labute approximate surface area is 133 Å². The molecule has 2 bridgehead atoms. The Bertz CT molecular complexity index is 652. The Morgan fingerprint density at radius 3 is 3.05 bits per heavy atom. The normalized spacial score (nSPS) is 52.4. The van der Waals surface area contributed by atoms with Gasteiger partial charge in [-0.3, -0.25) is 0 Å². The summed E-state index contributed by atoms with van der Waals surface area (Å²) in [6.07, 6.45) is 8.30. The van der Waals surface area contributed by atoms with Gasteiger partial charge in [0.1, 0.15) is 23.2 Å². The molecule has 4 nitrogen and oxygen atoms in total. The lowest BCUT2D eigenvalue weighted by Crippen LogP contribution is -2.62. The van der Waals surface area contributed by atoms with Gasteiger partial charge < -0.3 is 19.8 Å². The third-order valence-electron chi connectivity index (χ3n) is 6.71. The Balaban J connectivity index is 1.78. The van der Waals surface area contributed by atoms with E-state index in [1.165, 1.54) is 11.1 Å². The maximum atomic E-state index is 10.9. The largest absolute Gasteiger partial charge is 0.488 e. The first kappa shape index (κ1) is 13.5. The minimum atomic E-state index is -0.800. The molecule has 22 heavy (non-hydrogen) atoms. The van der Waals surface area contributed by atoms with Crippen LogP contribution in [-0.4, -0.2) is 62.4 Å². The number of aliphatic hydroxyl groups excluding tert-OH is 1. The summed E-state index contributed by atoms with van der Waals surface area (Å²) in [6, 6.07) is 0.484. The molecule has 2 heterocycles. The van der Waals surface area contributed by atoms with Crippen molar-refractivity contribution in [3.05, 3.63) is 35.1 Å². The summed E-state index contributed by atoms with van der Waals surface area (Å²) >= 11 is 0. The highest BCUT2D eigenvalue weighted by atomic mass is 28.1. The second-order valence-corrected chi connectivity index (χ2v) is 9.55. The second-order valence-electron chi connectivity index (χ2n) is 7.89. The van der Waals surface area contributed by atoms with Crippen molar-refractivity contribution in [2.24, 2.45) is 11.3 Å². The summed E-state index contributed by atoms with van der Waals surface area (Å²) in [5.41, 5.74) is 2.51. The third kappa shape index (κ3) is 1.35. The number of aliphatic hydroxyl groups is 2. The third-order valence-corrected chi connectivity index (χ3v) is 7.57. The summed E-state index contributed by atoms with van der Waals surface area (Å²) in [4.78, 5) is 2.46. The van der Waals surface area contributed by atoms with Crippen LogP contribution in [0.5, 0.6) is 0 Å². The molecule has 1 unspecified atom stereocenters. The summed E-state index contributed by atoms with van der Waals surface area (Å²) in [7, 11) is 2.87. The van der Waals surface area contributed by atoms with Gasteiger partial charge in [-0.15, -0.1) is 0 Å². The lowest BCUT2D eigenvalue weighted by atomic mass is 9.51. The minimum absolute atomic E-state index is 0.121. The molecule has 5 heteroatoms. The quantitative estimate of drug-likeness (QED) is 0.474. The van der Waals surface area contributed by atoms with E-state index >= 15 is 0 Å². The first-order valence-corrected chi connectivity index (χ1v) is 9.35. The number of likely N-dealkylation sites (tertiary alicyclic amines) is 1. The van der Waals surface area contributed by atoms with E-state index < -0.39 is 11.3 Å². The number of hydrogen-bond donors (Lipinski definition) is 2. The Morgan fingerprint density at radius 2 is 2.23 bits per heavy atom. The zero-order valence-electron chi connectivity index (χ0n) is 13.1. The van der Waals surface area contributed by atoms with Gasteiger partial charge >= 0.3 is 0 Å². The SMILES string of the molecule is CN1CC[C@]23C4=C5O[C@H]2[C@@H](O)C=C[C@H]3[C@H]1CC4=CCC5(O)[SiH3]. The van der Waals surface area contributed by atoms with Crippen LogP contribution in [0.3, 0.4) is 0 Å². The fourth-order valence-corrected chi connectivity index (χ4v) is 6.21. The molecule has 0 aromatic carbocycles. The Kier molecular flexibility index (Phi) is 2.43. The van der Waals surface area contributed by atoms with E-state index in [4.69, 9.17) is 4.74 Å². The molecule has 1 spiro atoms. The van der Waals surface area contributed by atoms with E-state index in [0.29, 0.717) is 28.6 Å². The number of rotatable bonds is 0. The first-order valence-electron chi connectivity index (χ1n) is 8.35. The molecule has 6 atom stereocenters. The minimum Gasteiger partial charge on any atom is -0.488 e. The van der Waals surface area contributed by atoms with Gasteiger partial charge in [0.25, 0.3) is 0 Å². The average Bonchev–Trinajstić information content (AvgIpc) is 2.83. The lowest BCUT2D eigenvalue weighted by Gasteiger charge is -2.58. The van der Waals surface area contributed by atoms with Crippen LogP contribution in [0.15, 0.2) is 35.1 Å². The maximum Gasteiger partial charge on any atom is 0.138 e.